The number of rotatable bonds is 15. The number of hydrogen-bond acceptors (Lipinski definition) is 16. The molecule has 4 aliphatic heterocycles. The van der Waals surface area contributed by atoms with Crippen molar-refractivity contribution < 1.29 is 67.0 Å². The molecule has 18 nitrogen and oxygen atoms in total. The summed E-state index contributed by atoms with van der Waals surface area (Å²) in [6, 6.07) is 33.5. The van der Waals surface area contributed by atoms with Gasteiger partial charge in [0, 0.05) is 43.6 Å². The molecule has 0 aliphatic carbocycles. The second-order valence-corrected chi connectivity index (χ2v) is 18.1. The minimum absolute atomic E-state index is 0.00161. The molecule has 0 unspecified atom stereocenters. The number of hydrogen-bond donors (Lipinski definition) is 2. The third-order valence-corrected chi connectivity index (χ3v) is 14.0. The van der Waals surface area contributed by atoms with Gasteiger partial charge in [-0.25, -0.2) is 9.69 Å². The highest BCUT2D eigenvalue weighted by Crippen LogP contribution is 2.66. The first kappa shape index (κ1) is 51.8. The Morgan fingerprint density at radius 2 is 1.45 bits per heavy atom. The standard InChI is InChI=1S/C57H56N4O14/c1-69-32-33-74-56(68)60-45-25-20-36(12-10-19-43(52(64)70-2)53(65)71-3)34-44(45)57(55(60)67)46(51(63)58-40-21-23-41(24-22-40)59-26-29-72-30-27-59)48-54(66)75-49(38-15-8-5-9-16-38)47(37-13-6-4-7-14-37)61(48)50(57)39-17-11-18-42(35-39)73-31-28-62/h4-9,11,13-18,20-25,34-35,43,46-50,62H,19,26-33H2,1-3H3,(H,58,63)/t46-,47-,48-,49+,50+,57-/m1/s1. The molecule has 6 atom stereocenters. The number of carbonyl (C=O) groups is 6. The zero-order valence-electron chi connectivity index (χ0n) is 41.5. The van der Waals surface area contributed by atoms with Crippen molar-refractivity contribution in [1.82, 2.24) is 4.90 Å². The number of esters is 3. The van der Waals surface area contributed by atoms with Crippen molar-refractivity contribution in [3.63, 3.8) is 0 Å². The van der Waals surface area contributed by atoms with E-state index in [1.165, 1.54) is 13.2 Å². The fourth-order valence-electron chi connectivity index (χ4n) is 10.8. The number of morpholine rings is 2. The summed E-state index contributed by atoms with van der Waals surface area (Å²) >= 11 is 0. The lowest BCUT2D eigenvalue weighted by Crippen LogP contribution is -2.54. The molecule has 75 heavy (non-hydrogen) atoms. The number of imide groups is 1. The van der Waals surface area contributed by atoms with E-state index in [-0.39, 0.29) is 49.7 Å². The van der Waals surface area contributed by atoms with Crippen LogP contribution in [0.25, 0.3) is 0 Å². The van der Waals surface area contributed by atoms with Crippen molar-refractivity contribution in [3.05, 3.63) is 155 Å². The summed E-state index contributed by atoms with van der Waals surface area (Å²) in [5.41, 5.74) is 1.23. The maximum absolute atomic E-state index is 16.6. The van der Waals surface area contributed by atoms with Crippen LogP contribution < -0.4 is 19.9 Å². The molecular formula is C57H56N4O14. The van der Waals surface area contributed by atoms with Gasteiger partial charge >= 0.3 is 24.0 Å². The molecule has 0 saturated carbocycles. The summed E-state index contributed by atoms with van der Waals surface area (Å²) in [5, 5.41) is 12.9. The number of benzene rings is 5. The molecule has 4 heterocycles. The Balaban J connectivity index is 1.32. The maximum Gasteiger partial charge on any atom is 0.421 e. The molecule has 5 aromatic carbocycles. The van der Waals surface area contributed by atoms with Crippen LogP contribution in [-0.2, 0) is 57.8 Å². The number of cyclic esters (lactones) is 1. The molecule has 0 bridgehead atoms. The van der Waals surface area contributed by atoms with Crippen LogP contribution in [0.15, 0.2) is 127 Å². The monoisotopic (exact) mass is 1020 g/mol. The summed E-state index contributed by atoms with van der Waals surface area (Å²) < 4.78 is 38.8. The number of fused-ring (bicyclic) bond motifs is 3. The third kappa shape index (κ3) is 10.0. The van der Waals surface area contributed by atoms with E-state index in [0.717, 1.165) is 24.8 Å². The molecule has 5 aromatic rings. The van der Waals surface area contributed by atoms with Gasteiger partial charge in [0.15, 0.2) is 5.92 Å². The fourth-order valence-corrected chi connectivity index (χ4v) is 10.8. The number of ether oxygens (including phenoxy) is 7. The largest absolute Gasteiger partial charge is 0.491 e. The summed E-state index contributed by atoms with van der Waals surface area (Å²) in [5.74, 6) is -0.986. The lowest BCUT2D eigenvalue weighted by molar-refractivity contribution is -0.178. The van der Waals surface area contributed by atoms with Crippen LogP contribution in [-0.4, -0.2) is 126 Å². The number of methoxy groups -OCH3 is 3. The van der Waals surface area contributed by atoms with Gasteiger partial charge in [0.05, 0.1) is 64.3 Å². The van der Waals surface area contributed by atoms with E-state index >= 15 is 14.4 Å². The Labute approximate surface area is 433 Å². The summed E-state index contributed by atoms with van der Waals surface area (Å²) in [6.07, 6.45) is -2.38. The van der Waals surface area contributed by atoms with Crippen molar-refractivity contribution in [2.45, 2.75) is 36.1 Å². The highest BCUT2D eigenvalue weighted by atomic mass is 16.6. The Morgan fingerprint density at radius 1 is 0.773 bits per heavy atom. The Kier molecular flexibility index (Phi) is 15.9. The van der Waals surface area contributed by atoms with Gasteiger partial charge in [-0.1, -0.05) is 84.6 Å². The lowest BCUT2D eigenvalue weighted by Gasteiger charge is -2.46. The molecule has 3 saturated heterocycles. The first-order valence-electron chi connectivity index (χ1n) is 24.5. The minimum Gasteiger partial charge on any atom is -0.491 e. The van der Waals surface area contributed by atoms with E-state index in [1.54, 1.807) is 48.5 Å². The van der Waals surface area contributed by atoms with Crippen molar-refractivity contribution in [3.8, 4) is 17.6 Å². The minimum atomic E-state index is -2.20. The number of anilines is 3. The van der Waals surface area contributed by atoms with Crippen LogP contribution in [0, 0.1) is 23.7 Å². The number of aliphatic hydroxyl groups is 1. The second-order valence-electron chi connectivity index (χ2n) is 18.1. The van der Waals surface area contributed by atoms with Crippen molar-refractivity contribution >= 4 is 52.9 Å². The fraction of sp³-hybridized carbons (Fsp3) is 0.333. The van der Waals surface area contributed by atoms with Gasteiger partial charge in [-0.2, -0.15) is 0 Å². The Morgan fingerprint density at radius 3 is 2.12 bits per heavy atom. The molecule has 1 spiro atoms. The van der Waals surface area contributed by atoms with Crippen LogP contribution >= 0.6 is 0 Å². The SMILES string of the molecule is COCCOC(=O)N1C(=O)[C@@]2(c3cc(C#CCC(C(=O)OC)C(=O)OC)ccc31)[C@H](c1cccc(OCCO)c1)N1[C@H](c3ccccc3)[C@H](c3ccccc3)OC(=O)[C@H]1[C@@H]2C(=O)Nc1ccc(N2CCOCC2)cc1. The Hall–Kier alpha value is -8.08. The maximum atomic E-state index is 16.6. The average molecular weight is 1020 g/mol. The zero-order valence-corrected chi connectivity index (χ0v) is 41.5. The zero-order chi connectivity index (χ0) is 52.6. The van der Waals surface area contributed by atoms with E-state index in [9.17, 15) is 19.5 Å². The molecule has 4 aliphatic rings. The smallest absolute Gasteiger partial charge is 0.421 e. The number of nitrogens with one attached hydrogen (secondary N) is 1. The second kappa shape index (κ2) is 23.0. The quantitative estimate of drug-likeness (QED) is 0.0425. The molecule has 2 N–H and O–H groups in total. The van der Waals surface area contributed by atoms with Crippen molar-refractivity contribution in [2.75, 3.05) is 89.2 Å². The molecule has 3 amide bonds. The van der Waals surface area contributed by atoms with E-state index in [2.05, 4.69) is 22.1 Å². The predicted octanol–water partition coefficient (Wildman–Crippen LogP) is 5.69. The van der Waals surface area contributed by atoms with Crippen molar-refractivity contribution in [2.24, 2.45) is 11.8 Å². The van der Waals surface area contributed by atoms with Gasteiger partial charge in [-0.15, -0.1) is 0 Å². The normalized spacial score (nSPS) is 21.9. The van der Waals surface area contributed by atoms with Gasteiger partial charge in [-0.3, -0.25) is 28.9 Å². The molecular weight excluding hydrogens is 965 g/mol. The highest BCUT2D eigenvalue weighted by Gasteiger charge is 2.76. The number of nitrogens with zero attached hydrogens (tertiary/aromatic N) is 3. The van der Waals surface area contributed by atoms with E-state index in [4.69, 9.17) is 33.2 Å². The molecule has 3 fully saturated rings. The van der Waals surface area contributed by atoms with E-state index in [1.807, 2.05) is 77.7 Å². The molecule has 0 aromatic heterocycles. The third-order valence-electron chi connectivity index (χ3n) is 14.0. The highest BCUT2D eigenvalue weighted by molar-refractivity contribution is 6.24. The topological polar surface area (TPSA) is 209 Å². The summed E-state index contributed by atoms with van der Waals surface area (Å²) in [6.45, 7) is 1.84. The van der Waals surface area contributed by atoms with Crippen LogP contribution in [0.2, 0.25) is 0 Å². The predicted molar refractivity (Wildman–Crippen MR) is 271 cm³/mol. The first-order valence-corrected chi connectivity index (χ1v) is 24.5. The lowest BCUT2D eigenvalue weighted by atomic mass is 9.65. The average Bonchev–Trinajstić information content (AvgIpc) is 4.04. The van der Waals surface area contributed by atoms with Gasteiger partial charge in [0.25, 0.3) is 0 Å². The van der Waals surface area contributed by atoms with E-state index in [0.29, 0.717) is 54.4 Å². The van der Waals surface area contributed by atoms with Crippen LogP contribution in [0.5, 0.6) is 5.75 Å². The van der Waals surface area contributed by atoms with Crippen LogP contribution in [0.1, 0.15) is 52.4 Å². The van der Waals surface area contributed by atoms with Gasteiger partial charge in [0.1, 0.15) is 36.5 Å². The summed E-state index contributed by atoms with van der Waals surface area (Å²) in [4.78, 5) is 93.1. The van der Waals surface area contributed by atoms with Crippen LogP contribution in [0.4, 0.5) is 21.9 Å². The van der Waals surface area contributed by atoms with E-state index < -0.39 is 77.3 Å². The van der Waals surface area contributed by atoms with Gasteiger partial charge in [-0.05, 0) is 76.9 Å². The summed E-state index contributed by atoms with van der Waals surface area (Å²) in [7, 11) is 3.71. The number of carbonyl (C=O) groups excluding carboxylic acids is 6. The molecule has 0 radical (unpaired) electrons. The number of amides is 3. The Bertz CT molecular complexity index is 2960. The molecule has 388 valence electrons. The van der Waals surface area contributed by atoms with Crippen LogP contribution in [0.3, 0.4) is 0 Å². The molecule has 18 heteroatoms. The first-order chi connectivity index (χ1) is 36.5. The number of aliphatic hydroxyl groups excluding tert-OH is 1. The van der Waals surface area contributed by atoms with Crippen molar-refractivity contribution in [1.29, 1.82) is 0 Å². The van der Waals surface area contributed by atoms with Gasteiger partial charge in [0.2, 0.25) is 11.8 Å². The molecule has 9 rings (SSSR count). The van der Waals surface area contributed by atoms with Gasteiger partial charge < -0.3 is 48.5 Å².